The smallest absolute Gasteiger partial charge is 0.387 e. The Morgan fingerprint density at radius 3 is 2.84 bits per heavy atom. The third-order valence-electron chi connectivity index (χ3n) is 3.26. The number of hydrogen-bond donors (Lipinski definition) is 0. The number of ketones is 1. The molecule has 1 aromatic heterocycles. The van der Waals surface area contributed by atoms with E-state index in [1.54, 1.807) is 13.4 Å². The molecular formula is C13H19N2O3U+. The third kappa shape index (κ3) is 3.49. The van der Waals surface area contributed by atoms with E-state index in [9.17, 15) is 4.79 Å². The van der Waals surface area contributed by atoms with Crippen LogP contribution in [0.2, 0.25) is 0 Å². The van der Waals surface area contributed by atoms with Crippen molar-refractivity contribution in [2.24, 2.45) is 5.92 Å². The molecule has 0 saturated carbocycles. The zero-order valence-electron chi connectivity index (χ0n) is 11.7. The van der Waals surface area contributed by atoms with Crippen molar-refractivity contribution in [1.29, 1.82) is 0 Å². The summed E-state index contributed by atoms with van der Waals surface area (Å²) < 4.78 is 12.9. The summed E-state index contributed by atoms with van der Waals surface area (Å²) in [6.07, 6.45) is 3.69. The van der Waals surface area contributed by atoms with Crippen molar-refractivity contribution in [2.75, 3.05) is 13.7 Å². The molecule has 1 aromatic rings. The van der Waals surface area contributed by atoms with Crippen molar-refractivity contribution in [3.05, 3.63) is 24.1 Å². The molecule has 1 saturated heterocycles. The Kier molecular flexibility index (Phi) is 6.26. The third-order valence-corrected chi connectivity index (χ3v) is 3.26. The van der Waals surface area contributed by atoms with E-state index < -0.39 is 0 Å². The minimum Gasteiger partial charge on any atom is -0.387 e. The first-order chi connectivity index (χ1) is 8.54. The summed E-state index contributed by atoms with van der Waals surface area (Å²) >= 11 is 0. The Morgan fingerprint density at radius 2 is 2.32 bits per heavy atom. The van der Waals surface area contributed by atoms with E-state index in [-0.39, 0.29) is 55.1 Å². The first-order valence-corrected chi connectivity index (χ1v) is 6.08. The molecule has 19 heavy (non-hydrogen) atoms. The van der Waals surface area contributed by atoms with Gasteiger partial charge < -0.3 is 14.0 Å². The van der Waals surface area contributed by atoms with E-state index in [2.05, 4.69) is 18.3 Å². The van der Waals surface area contributed by atoms with Gasteiger partial charge in [0.1, 0.15) is 11.9 Å². The Morgan fingerprint density at radius 1 is 1.63 bits per heavy atom. The van der Waals surface area contributed by atoms with Gasteiger partial charge in [-0.15, -0.1) is 5.92 Å². The molecule has 1 aliphatic heterocycles. The Bertz CT molecular complexity index is 447. The quantitative estimate of drug-likeness (QED) is 0.478. The normalized spacial score (nSPS) is 26.2. The summed E-state index contributed by atoms with van der Waals surface area (Å²) in [6, 6.07) is 0. The summed E-state index contributed by atoms with van der Waals surface area (Å²) in [4.78, 5) is 15.6. The predicted molar refractivity (Wildman–Crippen MR) is 66.2 cm³/mol. The van der Waals surface area contributed by atoms with E-state index in [1.807, 2.05) is 11.5 Å². The summed E-state index contributed by atoms with van der Waals surface area (Å²) in [5.41, 5.74) is 1.37. The minimum absolute atomic E-state index is 0. The van der Waals surface area contributed by atoms with Crippen molar-refractivity contribution in [3.63, 3.8) is 0 Å². The fourth-order valence-corrected chi connectivity index (χ4v) is 2.38. The number of aromatic nitrogens is 2. The van der Waals surface area contributed by atoms with Crippen LogP contribution in [0.4, 0.5) is 0 Å². The van der Waals surface area contributed by atoms with Gasteiger partial charge in [0.05, 0.1) is 6.33 Å². The Balaban J connectivity index is 0.00000180. The van der Waals surface area contributed by atoms with Crippen LogP contribution >= 0.6 is 0 Å². The Hall–Kier alpha value is -0.148. The van der Waals surface area contributed by atoms with Crippen LogP contribution in [0.1, 0.15) is 36.3 Å². The van der Waals surface area contributed by atoms with E-state index in [4.69, 9.17) is 9.47 Å². The van der Waals surface area contributed by atoms with Crippen molar-refractivity contribution in [2.45, 2.75) is 33.1 Å². The maximum atomic E-state index is 11.4. The summed E-state index contributed by atoms with van der Waals surface area (Å²) in [7, 11) is 1.66. The van der Waals surface area contributed by atoms with Gasteiger partial charge >= 0.3 is 31.1 Å². The number of carbonyl (C=O) groups is 1. The number of hydrogen-bond acceptors (Lipinski definition) is 4. The standard InChI is InChI=1S/C13H19N2O3.U/c1-8-5-11(6-17-4)18-13(8)15-7-14-12(9(15)2)10(3)16;/h5,7-8,11,13H,6H2,1-4H3;/q-1;+2. The van der Waals surface area contributed by atoms with Gasteiger partial charge in [0, 0.05) is 26.3 Å². The van der Waals surface area contributed by atoms with Crippen LogP contribution in [0.25, 0.3) is 0 Å². The van der Waals surface area contributed by atoms with Gasteiger partial charge in [0.2, 0.25) is 0 Å². The molecule has 0 spiro atoms. The SMILES string of the molecule is COCC1[CH-]C(C)C(n2cnc(C(C)=O)c2C)O1.[U+2]. The summed E-state index contributed by atoms with van der Waals surface area (Å²) in [5.74, 6) is 0.243. The molecule has 1 fully saturated rings. The number of Topliss-reactive ketones (excluding diaryl/α,β-unsaturated/α-hetero) is 1. The molecule has 3 unspecified atom stereocenters. The molecular weight excluding hydrogens is 470 g/mol. The van der Waals surface area contributed by atoms with Crippen LogP contribution in [0.5, 0.6) is 0 Å². The van der Waals surface area contributed by atoms with Crippen LogP contribution in [-0.4, -0.2) is 35.2 Å². The molecule has 0 aromatic carbocycles. The minimum atomic E-state index is -0.106. The van der Waals surface area contributed by atoms with Gasteiger partial charge in [-0.3, -0.25) is 11.2 Å². The molecule has 5 nitrogen and oxygen atoms in total. The van der Waals surface area contributed by atoms with Crippen LogP contribution in [0.15, 0.2) is 6.33 Å². The molecule has 0 aliphatic carbocycles. The van der Waals surface area contributed by atoms with E-state index in [0.29, 0.717) is 12.3 Å². The average molecular weight is 489 g/mol. The second-order valence-corrected chi connectivity index (χ2v) is 4.71. The Labute approximate surface area is 137 Å². The molecule has 102 valence electrons. The molecule has 1 aliphatic rings. The van der Waals surface area contributed by atoms with Gasteiger partial charge in [-0.2, -0.15) is 0 Å². The van der Waals surface area contributed by atoms with Gasteiger partial charge in [-0.05, 0) is 13.0 Å². The zero-order valence-corrected chi connectivity index (χ0v) is 15.9. The van der Waals surface area contributed by atoms with Crippen LogP contribution < -0.4 is 0 Å². The van der Waals surface area contributed by atoms with Crippen LogP contribution in [-0.2, 0) is 9.47 Å². The number of imidazole rings is 1. The second kappa shape index (κ2) is 7.03. The van der Waals surface area contributed by atoms with Crippen LogP contribution in [0.3, 0.4) is 0 Å². The number of methoxy groups -OCH3 is 1. The first kappa shape index (κ1) is 16.9. The zero-order chi connectivity index (χ0) is 13.3. The number of carbonyl (C=O) groups excluding carboxylic acids is 1. The van der Waals surface area contributed by atoms with Gasteiger partial charge in [0.15, 0.2) is 5.78 Å². The molecule has 2 heterocycles. The number of ether oxygens (including phenoxy) is 2. The summed E-state index contributed by atoms with van der Waals surface area (Å²) in [5, 5.41) is 0. The van der Waals surface area contributed by atoms with E-state index in [1.165, 1.54) is 6.92 Å². The molecule has 0 amide bonds. The second-order valence-electron chi connectivity index (χ2n) is 4.71. The summed E-state index contributed by atoms with van der Waals surface area (Å²) in [6.45, 7) is 6.06. The number of rotatable bonds is 4. The van der Waals surface area contributed by atoms with Crippen molar-refractivity contribution in [3.8, 4) is 0 Å². The molecule has 0 bridgehead atoms. The largest absolute Gasteiger partial charge is 2.00 e. The maximum absolute atomic E-state index is 11.4. The van der Waals surface area contributed by atoms with Crippen molar-refractivity contribution < 1.29 is 45.4 Å². The van der Waals surface area contributed by atoms with Gasteiger partial charge in [-0.1, -0.05) is 6.92 Å². The van der Waals surface area contributed by atoms with Crippen molar-refractivity contribution in [1.82, 2.24) is 9.55 Å². The number of nitrogens with zero attached hydrogens (tertiary/aromatic N) is 2. The first-order valence-electron chi connectivity index (χ1n) is 6.08. The molecule has 3 atom stereocenters. The predicted octanol–water partition coefficient (Wildman–Crippen LogP) is 1.78. The molecule has 0 radical (unpaired) electrons. The fourth-order valence-electron chi connectivity index (χ4n) is 2.38. The van der Waals surface area contributed by atoms with Gasteiger partial charge in [-0.25, -0.2) is 4.98 Å². The maximum Gasteiger partial charge on any atom is 2.00 e. The average Bonchev–Trinajstić information content (AvgIpc) is 2.83. The monoisotopic (exact) mass is 489 g/mol. The van der Waals surface area contributed by atoms with Gasteiger partial charge in [0.25, 0.3) is 0 Å². The van der Waals surface area contributed by atoms with E-state index in [0.717, 1.165) is 5.69 Å². The van der Waals surface area contributed by atoms with Crippen molar-refractivity contribution >= 4 is 5.78 Å². The molecule has 6 heteroatoms. The topological polar surface area (TPSA) is 53.4 Å². The fraction of sp³-hybridized carbons (Fsp3) is 0.615. The van der Waals surface area contributed by atoms with Crippen LogP contribution in [0, 0.1) is 50.4 Å². The molecule has 2 rings (SSSR count). The molecule has 0 N–H and O–H groups in total. The van der Waals surface area contributed by atoms with E-state index >= 15 is 0 Å².